The molecule has 3 rings (SSSR count). The molecule has 0 radical (unpaired) electrons. The molecule has 0 aliphatic rings. The van der Waals surface area contributed by atoms with E-state index in [-0.39, 0.29) is 31.3 Å². The van der Waals surface area contributed by atoms with E-state index in [1.165, 1.54) is 5.48 Å². The number of benzene rings is 3. The summed E-state index contributed by atoms with van der Waals surface area (Å²) in [4.78, 5) is 36.7. The maximum atomic E-state index is 13.0. The summed E-state index contributed by atoms with van der Waals surface area (Å²) in [5.74, 6) is -0.768. The van der Waals surface area contributed by atoms with E-state index in [9.17, 15) is 14.4 Å². The number of hydrogen-bond donors (Lipinski definition) is 4. The van der Waals surface area contributed by atoms with E-state index in [1.807, 2.05) is 48.5 Å². The summed E-state index contributed by atoms with van der Waals surface area (Å²) in [6, 6.07) is 24.8. The molecule has 0 unspecified atom stereocenters. The van der Waals surface area contributed by atoms with Crippen molar-refractivity contribution in [2.45, 2.75) is 25.3 Å². The molecule has 3 aromatic carbocycles. The van der Waals surface area contributed by atoms with E-state index in [0.29, 0.717) is 17.9 Å². The summed E-state index contributed by atoms with van der Waals surface area (Å²) < 4.78 is 5.26. The largest absolute Gasteiger partial charge is 0.484 e. The monoisotopic (exact) mass is 461 g/mol. The molecule has 0 spiro atoms. The van der Waals surface area contributed by atoms with Crippen LogP contribution < -0.4 is 20.9 Å². The molecule has 3 aromatic rings. The Morgan fingerprint density at radius 1 is 0.794 bits per heavy atom. The fraction of sp³-hybridized carbons (Fsp3) is 0.192. The van der Waals surface area contributed by atoms with Gasteiger partial charge in [0.05, 0.1) is 0 Å². The zero-order chi connectivity index (χ0) is 24.2. The molecule has 4 N–H and O–H groups in total. The second-order valence-corrected chi connectivity index (χ2v) is 7.63. The highest BCUT2D eigenvalue weighted by Crippen LogP contribution is 2.15. The van der Waals surface area contributed by atoms with Crippen molar-refractivity contribution in [2.24, 2.45) is 0 Å². The van der Waals surface area contributed by atoms with Gasteiger partial charge in [0.25, 0.3) is 5.91 Å². The van der Waals surface area contributed by atoms with Gasteiger partial charge in [-0.05, 0) is 41.8 Å². The van der Waals surface area contributed by atoms with Crippen molar-refractivity contribution in [3.8, 4) is 5.75 Å². The van der Waals surface area contributed by atoms with E-state index < -0.39 is 11.9 Å². The minimum absolute atomic E-state index is 0.216. The van der Waals surface area contributed by atoms with Crippen LogP contribution in [0.5, 0.6) is 5.75 Å². The summed E-state index contributed by atoms with van der Waals surface area (Å²) in [6.45, 7) is -0.324. The number of anilines is 1. The minimum atomic E-state index is -0.782. The molecule has 176 valence electrons. The van der Waals surface area contributed by atoms with Gasteiger partial charge in [0, 0.05) is 18.5 Å². The second-order valence-electron chi connectivity index (χ2n) is 7.63. The third-order valence-corrected chi connectivity index (χ3v) is 5.03. The first-order chi connectivity index (χ1) is 16.5. The van der Waals surface area contributed by atoms with Crippen molar-refractivity contribution in [3.05, 3.63) is 96.1 Å². The van der Waals surface area contributed by atoms with E-state index >= 15 is 0 Å². The standard InChI is InChI=1S/C26H27N3O5/c30-24(16-13-19-7-3-1-4-8-19)28-23(26(32)27-21-9-5-2-6-10-21)17-20-11-14-22(15-12-20)34-18-25(31)29-33/h1-12,14-15,23,33H,13,16-18H2,(H,27,32)(H,28,30)(H,29,31)/t23-/m0/s1. The van der Waals surface area contributed by atoms with Crippen LogP contribution in [0.2, 0.25) is 0 Å². The SMILES string of the molecule is O=C(COc1ccc(C[C@H](NC(=O)CCc2ccccc2)C(=O)Nc2ccccc2)cc1)NO. The molecule has 0 saturated heterocycles. The summed E-state index contributed by atoms with van der Waals surface area (Å²) in [5, 5.41) is 14.2. The number of rotatable bonds is 11. The van der Waals surface area contributed by atoms with Crippen LogP contribution in [-0.4, -0.2) is 35.6 Å². The van der Waals surface area contributed by atoms with Crippen LogP contribution in [0, 0.1) is 0 Å². The highest BCUT2D eigenvalue weighted by atomic mass is 16.5. The summed E-state index contributed by atoms with van der Waals surface area (Å²) in [7, 11) is 0. The number of amides is 3. The Bertz CT molecular complexity index is 1070. The Kier molecular flexibility index (Phi) is 9.19. The zero-order valence-electron chi connectivity index (χ0n) is 18.6. The van der Waals surface area contributed by atoms with Crippen molar-refractivity contribution in [3.63, 3.8) is 0 Å². The Balaban J connectivity index is 1.64. The Hall–Kier alpha value is -4.17. The number of carbonyl (C=O) groups excluding carboxylic acids is 3. The molecule has 0 saturated carbocycles. The van der Waals surface area contributed by atoms with Crippen molar-refractivity contribution in [1.29, 1.82) is 0 Å². The van der Waals surface area contributed by atoms with Crippen molar-refractivity contribution >= 4 is 23.4 Å². The van der Waals surface area contributed by atoms with Gasteiger partial charge >= 0.3 is 0 Å². The Labute approximate surface area is 197 Å². The van der Waals surface area contributed by atoms with Gasteiger partial charge < -0.3 is 15.4 Å². The van der Waals surface area contributed by atoms with Crippen molar-refractivity contribution in [1.82, 2.24) is 10.8 Å². The van der Waals surface area contributed by atoms with Gasteiger partial charge in [0.1, 0.15) is 11.8 Å². The van der Waals surface area contributed by atoms with Gasteiger partial charge in [-0.25, -0.2) is 5.48 Å². The van der Waals surface area contributed by atoms with Crippen molar-refractivity contribution < 1.29 is 24.3 Å². The van der Waals surface area contributed by atoms with Gasteiger partial charge in [-0.1, -0.05) is 60.7 Å². The number of para-hydroxylation sites is 1. The molecule has 0 fully saturated rings. The molecule has 0 aromatic heterocycles. The summed E-state index contributed by atoms with van der Waals surface area (Å²) >= 11 is 0. The lowest BCUT2D eigenvalue weighted by Gasteiger charge is -2.19. The number of hydroxylamine groups is 1. The minimum Gasteiger partial charge on any atom is -0.484 e. The number of ether oxygens (including phenoxy) is 1. The predicted octanol–water partition coefficient (Wildman–Crippen LogP) is 2.87. The zero-order valence-corrected chi connectivity index (χ0v) is 18.6. The number of aryl methyl sites for hydroxylation is 1. The van der Waals surface area contributed by atoms with Gasteiger partial charge in [0.15, 0.2) is 6.61 Å². The maximum absolute atomic E-state index is 13.0. The van der Waals surface area contributed by atoms with Crippen LogP contribution in [0.1, 0.15) is 17.5 Å². The predicted molar refractivity (Wildman–Crippen MR) is 127 cm³/mol. The normalized spacial score (nSPS) is 11.2. The quantitative estimate of drug-likeness (QED) is 0.259. The fourth-order valence-electron chi connectivity index (χ4n) is 3.27. The Morgan fingerprint density at radius 2 is 1.44 bits per heavy atom. The first-order valence-electron chi connectivity index (χ1n) is 10.9. The highest BCUT2D eigenvalue weighted by molar-refractivity contribution is 5.97. The lowest BCUT2D eigenvalue weighted by Crippen LogP contribution is -2.45. The number of carbonyl (C=O) groups is 3. The van der Waals surface area contributed by atoms with E-state index in [2.05, 4.69) is 10.6 Å². The second kappa shape index (κ2) is 12.8. The fourth-order valence-corrected chi connectivity index (χ4v) is 3.27. The van der Waals surface area contributed by atoms with Crippen LogP contribution in [0.15, 0.2) is 84.9 Å². The average Bonchev–Trinajstić information content (AvgIpc) is 2.87. The third-order valence-electron chi connectivity index (χ3n) is 5.03. The Morgan fingerprint density at radius 3 is 2.09 bits per heavy atom. The van der Waals surface area contributed by atoms with Crippen LogP contribution in [0.4, 0.5) is 5.69 Å². The molecule has 0 aliphatic carbocycles. The summed E-state index contributed by atoms with van der Waals surface area (Å²) in [6.07, 6.45) is 1.11. The van der Waals surface area contributed by atoms with E-state index in [0.717, 1.165) is 11.1 Å². The van der Waals surface area contributed by atoms with E-state index in [4.69, 9.17) is 9.94 Å². The molecule has 8 nitrogen and oxygen atoms in total. The van der Waals surface area contributed by atoms with Gasteiger partial charge in [0.2, 0.25) is 11.8 Å². The highest BCUT2D eigenvalue weighted by Gasteiger charge is 2.21. The van der Waals surface area contributed by atoms with Gasteiger partial charge in [-0.15, -0.1) is 0 Å². The smallest absolute Gasteiger partial charge is 0.281 e. The molecule has 0 aliphatic heterocycles. The lowest BCUT2D eigenvalue weighted by atomic mass is 10.0. The lowest BCUT2D eigenvalue weighted by molar-refractivity contribution is -0.131. The van der Waals surface area contributed by atoms with E-state index in [1.54, 1.807) is 36.4 Å². The first-order valence-corrected chi connectivity index (χ1v) is 10.9. The third kappa shape index (κ3) is 8.07. The molecule has 8 heteroatoms. The number of nitrogens with one attached hydrogen (secondary N) is 3. The van der Waals surface area contributed by atoms with Gasteiger partial charge in [-0.3, -0.25) is 19.6 Å². The van der Waals surface area contributed by atoms with Crippen LogP contribution >= 0.6 is 0 Å². The number of hydrogen-bond acceptors (Lipinski definition) is 5. The molecule has 0 heterocycles. The topological polar surface area (TPSA) is 117 Å². The van der Waals surface area contributed by atoms with Gasteiger partial charge in [-0.2, -0.15) is 0 Å². The first kappa shape index (κ1) is 24.5. The molecule has 34 heavy (non-hydrogen) atoms. The van der Waals surface area contributed by atoms with Crippen molar-refractivity contribution in [2.75, 3.05) is 11.9 Å². The molecular formula is C26H27N3O5. The average molecular weight is 462 g/mol. The molecular weight excluding hydrogens is 434 g/mol. The van der Waals surface area contributed by atoms with Crippen LogP contribution in [0.3, 0.4) is 0 Å². The summed E-state index contributed by atoms with van der Waals surface area (Å²) in [5.41, 5.74) is 3.99. The molecule has 1 atom stereocenters. The van der Waals surface area contributed by atoms with Crippen LogP contribution in [0.25, 0.3) is 0 Å². The molecule has 0 bridgehead atoms. The molecule has 3 amide bonds. The van der Waals surface area contributed by atoms with Crippen LogP contribution in [-0.2, 0) is 27.2 Å². The maximum Gasteiger partial charge on any atom is 0.281 e.